The summed E-state index contributed by atoms with van der Waals surface area (Å²) in [4.78, 5) is 63.3. The molecule has 2 aromatic rings. The van der Waals surface area contributed by atoms with Crippen LogP contribution in [0.1, 0.15) is 24.3 Å². The van der Waals surface area contributed by atoms with Crippen molar-refractivity contribution in [1.82, 2.24) is 4.90 Å². The molecule has 6 rings (SSSR count). The molecule has 1 N–H and O–H groups in total. The Morgan fingerprint density at radius 3 is 2.36 bits per heavy atom. The van der Waals surface area contributed by atoms with Crippen LogP contribution in [0.4, 0.5) is 11.4 Å². The second-order valence-corrected chi connectivity index (χ2v) is 12.9. The summed E-state index contributed by atoms with van der Waals surface area (Å²) in [6, 6.07) is 8.16. The van der Waals surface area contributed by atoms with Crippen molar-refractivity contribution in [3.05, 3.63) is 68.2 Å². The zero-order valence-electron chi connectivity index (χ0n) is 22.0. The molecule has 0 spiro atoms. The summed E-state index contributed by atoms with van der Waals surface area (Å²) >= 11 is 17.6. The molecule has 11 nitrogen and oxygen atoms in total. The maximum Gasteiger partial charge on any atom is 0.269 e. The first-order chi connectivity index (χ1) is 19.8. The number of likely N-dealkylation sites (tertiary alicyclic amines) is 1. The topological polar surface area (TPSA) is 147 Å². The van der Waals surface area contributed by atoms with Crippen LogP contribution >= 0.6 is 39.1 Å². The van der Waals surface area contributed by atoms with Crippen LogP contribution in [0, 0.1) is 27.9 Å². The number of methoxy groups -OCH3 is 1. The van der Waals surface area contributed by atoms with Gasteiger partial charge in [0.25, 0.3) is 17.5 Å². The van der Waals surface area contributed by atoms with Gasteiger partial charge in [-0.25, -0.2) is 0 Å². The van der Waals surface area contributed by atoms with Gasteiger partial charge >= 0.3 is 0 Å². The second-order valence-electron chi connectivity index (χ2n) is 10.8. The number of fused-ring (bicyclic) bond motifs is 4. The highest BCUT2D eigenvalue weighted by Gasteiger charge is 2.76. The molecule has 0 bridgehead atoms. The molecule has 218 valence electrons. The zero-order valence-corrected chi connectivity index (χ0v) is 25.1. The average molecular weight is 679 g/mol. The number of phenolic OH excluding ortho intramolecular Hbond substituents is 1. The van der Waals surface area contributed by atoms with Crippen LogP contribution in [0.5, 0.6) is 11.5 Å². The van der Waals surface area contributed by atoms with E-state index in [9.17, 15) is 34.4 Å². The van der Waals surface area contributed by atoms with Crippen LogP contribution in [0.25, 0.3) is 0 Å². The number of carbonyl (C=O) groups is 4. The van der Waals surface area contributed by atoms with E-state index in [0.29, 0.717) is 11.1 Å². The molecule has 2 aromatic carbocycles. The van der Waals surface area contributed by atoms with E-state index in [1.165, 1.54) is 44.5 Å². The predicted octanol–water partition coefficient (Wildman–Crippen LogP) is 4.26. The largest absolute Gasteiger partial charge is 0.503 e. The van der Waals surface area contributed by atoms with Crippen LogP contribution in [0.2, 0.25) is 0 Å². The molecule has 6 atom stereocenters. The van der Waals surface area contributed by atoms with E-state index < -0.39 is 62.0 Å². The fraction of sp³-hybridized carbons (Fsp3) is 0.357. The molecule has 4 aliphatic rings. The number of nitrogens with zero attached hydrogens (tertiary/aromatic N) is 3. The van der Waals surface area contributed by atoms with Crippen LogP contribution in [0.15, 0.2) is 52.5 Å². The lowest BCUT2D eigenvalue weighted by Crippen LogP contribution is -2.60. The molecular weight excluding hydrogens is 657 g/mol. The van der Waals surface area contributed by atoms with Gasteiger partial charge in [-0.05, 0) is 64.5 Å². The van der Waals surface area contributed by atoms with Gasteiger partial charge in [-0.1, -0.05) is 11.6 Å². The number of nitro groups is 1. The summed E-state index contributed by atoms with van der Waals surface area (Å²) in [5, 5.41) is 21.6. The Kier molecular flexibility index (Phi) is 6.49. The Labute approximate surface area is 257 Å². The molecule has 2 aliphatic carbocycles. The molecular formula is C28H22BrCl2N3O8. The number of nitro benzene ring substituents is 1. The normalized spacial score (nSPS) is 32.0. The number of non-ortho nitro benzene ring substituents is 1. The average Bonchev–Trinajstić information content (AvgIpc) is 3.29. The highest BCUT2D eigenvalue weighted by Crippen LogP contribution is 2.65. The molecule has 2 saturated heterocycles. The van der Waals surface area contributed by atoms with Crippen molar-refractivity contribution in [2.45, 2.75) is 28.5 Å². The van der Waals surface area contributed by atoms with Crippen molar-refractivity contribution in [1.29, 1.82) is 0 Å². The van der Waals surface area contributed by atoms with Crippen molar-refractivity contribution >= 4 is 74.1 Å². The Hall–Kier alpha value is -3.48. The third-order valence-electron chi connectivity index (χ3n) is 8.94. The number of hydrogen-bond acceptors (Lipinski definition) is 8. The first kappa shape index (κ1) is 28.6. The number of benzene rings is 2. The summed E-state index contributed by atoms with van der Waals surface area (Å²) in [5.74, 6) is -6.03. The molecule has 4 amide bonds. The summed E-state index contributed by atoms with van der Waals surface area (Å²) in [5.41, 5.74) is 0.975. The molecule has 3 fully saturated rings. The number of aromatic hydroxyl groups is 1. The maximum absolute atomic E-state index is 14.0. The molecule has 6 unspecified atom stereocenters. The lowest BCUT2D eigenvalue weighted by Gasteiger charge is -2.50. The highest BCUT2D eigenvalue weighted by molar-refractivity contribution is 9.10. The van der Waals surface area contributed by atoms with Crippen molar-refractivity contribution < 1.29 is 33.9 Å². The lowest BCUT2D eigenvalue weighted by atomic mass is 9.56. The lowest BCUT2D eigenvalue weighted by molar-refractivity contribution is -0.384. The van der Waals surface area contributed by atoms with Gasteiger partial charge in [0.1, 0.15) is 0 Å². The minimum atomic E-state index is -1.99. The summed E-state index contributed by atoms with van der Waals surface area (Å²) in [6.45, 7) is 0. The molecule has 1 saturated carbocycles. The predicted molar refractivity (Wildman–Crippen MR) is 153 cm³/mol. The van der Waals surface area contributed by atoms with E-state index >= 15 is 0 Å². The third-order valence-corrected chi connectivity index (χ3v) is 11.0. The number of imide groups is 2. The Bertz CT molecular complexity index is 1650. The standard InChI is InChI=1S/C28H22BrCl2N3O8/c1-32-25(38)27(30)11-17-15(21(28(27,31)26(32)39)12-9-18(29)22(35)19(10-12)42-2)7-8-16-20(17)24(37)33(23(16)36)13-3-5-14(6-4-13)34(40)41/h3-7,9-10,16-17,20-21,35H,8,11H2,1-2H3. The number of carbonyl (C=O) groups excluding carboxylic acids is 4. The van der Waals surface area contributed by atoms with E-state index in [1.54, 1.807) is 12.1 Å². The molecule has 0 aromatic heterocycles. The molecule has 0 radical (unpaired) electrons. The van der Waals surface area contributed by atoms with Gasteiger partial charge in [0.05, 0.1) is 34.0 Å². The van der Waals surface area contributed by atoms with Gasteiger partial charge in [0, 0.05) is 25.1 Å². The smallest absolute Gasteiger partial charge is 0.269 e. The second kappa shape index (κ2) is 9.51. The van der Waals surface area contributed by atoms with E-state index in [1.807, 2.05) is 0 Å². The summed E-state index contributed by atoms with van der Waals surface area (Å²) < 4.78 is 5.58. The Morgan fingerprint density at radius 2 is 1.74 bits per heavy atom. The van der Waals surface area contributed by atoms with Crippen molar-refractivity contribution in [3.8, 4) is 11.5 Å². The minimum Gasteiger partial charge on any atom is -0.503 e. The van der Waals surface area contributed by atoms with Gasteiger partial charge < -0.3 is 9.84 Å². The van der Waals surface area contributed by atoms with Crippen LogP contribution in [-0.2, 0) is 19.2 Å². The number of ether oxygens (including phenoxy) is 1. The highest BCUT2D eigenvalue weighted by atomic mass is 79.9. The fourth-order valence-corrected chi connectivity index (χ4v) is 8.49. The number of hydrogen-bond donors (Lipinski definition) is 1. The van der Waals surface area contributed by atoms with E-state index in [4.69, 9.17) is 27.9 Å². The fourth-order valence-electron chi connectivity index (χ4n) is 7.01. The third kappa shape index (κ3) is 3.58. The molecule has 2 heterocycles. The van der Waals surface area contributed by atoms with Gasteiger partial charge in [-0.3, -0.25) is 39.1 Å². The van der Waals surface area contributed by atoms with Crippen LogP contribution in [-0.4, -0.2) is 62.5 Å². The summed E-state index contributed by atoms with van der Waals surface area (Å²) in [7, 11) is 2.65. The first-order valence-electron chi connectivity index (χ1n) is 12.9. The zero-order chi connectivity index (χ0) is 30.5. The number of phenols is 1. The van der Waals surface area contributed by atoms with Crippen molar-refractivity contribution in [2.75, 3.05) is 19.1 Å². The maximum atomic E-state index is 14.0. The molecule has 14 heteroatoms. The monoisotopic (exact) mass is 677 g/mol. The SMILES string of the molecule is COc1cc(C2C3=CCC4C(=O)N(c5ccc([N+](=O)[O-])cc5)C(=O)C4C3CC3(Cl)C(=O)N(C)C(=O)C23Cl)cc(Br)c1O. The number of halogens is 3. The number of allylic oxidation sites excluding steroid dienone is 2. The Balaban J connectivity index is 1.50. The quantitative estimate of drug-likeness (QED) is 0.166. The molecule has 42 heavy (non-hydrogen) atoms. The first-order valence-corrected chi connectivity index (χ1v) is 14.4. The van der Waals surface area contributed by atoms with E-state index in [0.717, 1.165) is 9.80 Å². The number of amides is 4. The van der Waals surface area contributed by atoms with Gasteiger partial charge in [-0.15, -0.1) is 23.2 Å². The van der Waals surface area contributed by atoms with Crippen LogP contribution < -0.4 is 9.64 Å². The Morgan fingerprint density at radius 1 is 1.07 bits per heavy atom. The van der Waals surface area contributed by atoms with Gasteiger partial charge in [0.15, 0.2) is 21.2 Å². The number of alkyl halides is 2. The van der Waals surface area contributed by atoms with Gasteiger partial charge in [-0.2, -0.15) is 0 Å². The summed E-state index contributed by atoms with van der Waals surface area (Å²) in [6.07, 6.45) is 1.75. The van der Waals surface area contributed by atoms with E-state index in [2.05, 4.69) is 15.9 Å². The van der Waals surface area contributed by atoms with Crippen molar-refractivity contribution in [3.63, 3.8) is 0 Å². The van der Waals surface area contributed by atoms with E-state index in [-0.39, 0.29) is 40.2 Å². The number of rotatable bonds is 4. The molecule has 2 aliphatic heterocycles. The van der Waals surface area contributed by atoms with Crippen LogP contribution in [0.3, 0.4) is 0 Å². The number of anilines is 1. The van der Waals surface area contributed by atoms with Crippen molar-refractivity contribution in [2.24, 2.45) is 17.8 Å². The van der Waals surface area contributed by atoms with Gasteiger partial charge in [0.2, 0.25) is 11.8 Å². The minimum absolute atomic E-state index is 0.0813.